The van der Waals surface area contributed by atoms with Crippen LogP contribution >= 0.6 is 0 Å². The molecule has 0 radical (unpaired) electrons. The summed E-state index contributed by atoms with van der Waals surface area (Å²) in [5.74, 6) is 0. The van der Waals surface area contributed by atoms with Crippen LogP contribution in [-0.2, 0) is 4.74 Å². The van der Waals surface area contributed by atoms with Crippen LogP contribution in [-0.4, -0.2) is 41.7 Å². The normalized spacial score (nSPS) is 18.9. The lowest BCUT2D eigenvalue weighted by atomic mass is 10.0. The number of rotatable bonds is 3. The summed E-state index contributed by atoms with van der Waals surface area (Å²) in [7, 11) is 0. The predicted molar refractivity (Wildman–Crippen MR) is 93.6 cm³/mol. The molecule has 0 unspecified atom stereocenters. The molecule has 5 nitrogen and oxygen atoms in total. The molecule has 1 aromatic carbocycles. The summed E-state index contributed by atoms with van der Waals surface area (Å²) in [5.41, 5.74) is 3.28. The van der Waals surface area contributed by atoms with E-state index in [0.717, 1.165) is 16.7 Å². The first-order chi connectivity index (χ1) is 11.6. The van der Waals surface area contributed by atoms with Crippen molar-refractivity contribution in [3.05, 3.63) is 54.4 Å². The molecule has 2 heterocycles. The van der Waals surface area contributed by atoms with Crippen LogP contribution in [0.15, 0.2) is 48.8 Å². The number of ether oxygens (including phenoxy) is 1. The quantitative estimate of drug-likeness (QED) is 0.942. The molecule has 1 fully saturated rings. The lowest BCUT2D eigenvalue weighted by molar-refractivity contribution is 0.0185. The smallest absolute Gasteiger partial charge is 0.318 e. The SMILES string of the molecule is C[C@@H](NC(=O)N1CCOC[C@@H]1C)c1ccc(-c2cccnc2)cc1. The summed E-state index contributed by atoms with van der Waals surface area (Å²) in [5, 5.41) is 3.07. The third-order valence-corrected chi connectivity index (χ3v) is 4.37. The fraction of sp³-hybridized carbons (Fsp3) is 0.368. The fourth-order valence-corrected chi connectivity index (χ4v) is 2.88. The molecule has 1 N–H and O–H groups in total. The number of aromatic nitrogens is 1. The summed E-state index contributed by atoms with van der Waals surface area (Å²) in [6.07, 6.45) is 3.61. The van der Waals surface area contributed by atoms with Crippen molar-refractivity contribution >= 4 is 6.03 Å². The fourth-order valence-electron chi connectivity index (χ4n) is 2.88. The first-order valence-electron chi connectivity index (χ1n) is 8.30. The maximum absolute atomic E-state index is 12.4. The molecular weight excluding hydrogens is 302 g/mol. The number of hydrogen-bond donors (Lipinski definition) is 1. The molecule has 2 aromatic rings. The third-order valence-electron chi connectivity index (χ3n) is 4.37. The average Bonchev–Trinajstić information content (AvgIpc) is 2.63. The molecule has 0 bridgehead atoms. The van der Waals surface area contributed by atoms with Gasteiger partial charge < -0.3 is 15.0 Å². The van der Waals surface area contributed by atoms with Gasteiger partial charge in [-0.3, -0.25) is 4.98 Å². The van der Waals surface area contributed by atoms with Gasteiger partial charge in [-0.05, 0) is 36.6 Å². The highest BCUT2D eigenvalue weighted by molar-refractivity contribution is 5.75. The van der Waals surface area contributed by atoms with Gasteiger partial charge in [0.1, 0.15) is 0 Å². The molecule has 2 atom stereocenters. The standard InChI is InChI=1S/C19H23N3O2/c1-14-13-24-11-10-22(14)19(23)21-15(2)16-5-7-17(8-6-16)18-4-3-9-20-12-18/h3-9,12,14-15H,10-11,13H2,1-2H3,(H,21,23)/t14-,15+/m0/s1. The summed E-state index contributed by atoms with van der Waals surface area (Å²) < 4.78 is 5.38. The van der Waals surface area contributed by atoms with E-state index < -0.39 is 0 Å². The minimum atomic E-state index is -0.0458. The predicted octanol–water partition coefficient (Wildman–Crippen LogP) is 3.24. The number of nitrogens with zero attached hydrogens (tertiary/aromatic N) is 2. The van der Waals surface area contributed by atoms with E-state index in [9.17, 15) is 4.79 Å². The molecular formula is C19H23N3O2. The van der Waals surface area contributed by atoms with Gasteiger partial charge in [-0.2, -0.15) is 0 Å². The Bertz CT molecular complexity index is 673. The molecule has 3 rings (SSSR count). The van der Waals surface area contributed by atoms with Crippen LogP contribution in [0.5, 0.6) is 0 Å². The highest BCUT2D eigenvalue weighted by Gasteiger charge is 2.24. The monoisotopic (exact) mass is 325 g/mol. The topological polar surface area (TPSA) is 54.5 Å². The van der Waals surface area contributed by atoms with E-state index in [-0.39, 0.29) is 18.1 Å². The largest absolute Gasteiger partial charge is 0.377 e. The molecule has 0 saturated carbocycles. The minimum absolute atomic E-state index is 0.0327. The van der Waals surface area contributed by atoms with E-state index in [1.54, 1.807) is 6.20 Å². The van der Waals surface area contributed by atoms with Crippen molar-refractivity contribution in [1.82, 2.24) is 15.2 Å². The van der Waals surface area contributed by atoms with Crippen LogP contribution in [0, 0.1) is 0 Å². The highest BCUT2D eigenvalue weighted by Crippen LogP contribution is 2.21. The van der Waals surface area contributed by atoms with Gasteiger partial charge >= 0.3 is 6.03 Å². The molecule has 2 amide bonds. The Morgan fingerprint density at radius 2 is 2.08 bits per heavy atom. The number of carbonyl (C=O) groups is 1. The van der Waals surface area contributed by atoms with Crippen molar-refractivity contribution < 1.29 is 9.53 Å². The number of benzene rings is 1. The molecule has 24 heavy (non-hydrogen) atoms. The highest BCUT2D eigenvalue weighted by atomic mass is 16.5. The van der Waals surface area contributed by atoms with Crippen molar-refractivity contribution in [3.63, 3.8) is 0 Å². The third kappa shape index (κ3) is 3.74. The van der Waals surface area contributed by atoms with Gasteiger partial charge in [0.15, 0.2) is 0 Å². The number of carbonyl (C=O) groups excluding carboxylic acids is 1. The number of urea groups is 1. The van der Waals surface area contributed by atoms with E-state index in [1.165, 1.54) is 0 Å². The van der Waals surface area contributed by atoms with Crippen molar-refractivity contribution in [3.8, 4) is 11.1 Å². The molecule has 126 valence electrons. The maximum atomic E-state index is 12.4. The van der Waals surface area contributed by atoms with E-state index in [0.29, 0.717) is 19.8 Å². The second-order valence-electron chi connectivity index (χ2n) is 6.15. The van der Waals surface area contributed by atoms with E-state index in [2.05, 4.69) is 34.6 Å². The molecule has 1 aromatic heterocycles. The van der Waals surface area contributed by atoms with Crippen LogP contribution in [0.4, 0.5) is 4.79 Å². The lowest BCUT2D eigenvalue weighted by Crippen LogP contribution is -2.51. The summed E-state index contributed by atoms with van der Waals surface area (Å²) in [6.45, 7) is 5.85. The Kier molecular flexibility index (Phi) is 5.11. The summed E-state index contributed by atoms with van der Waals surface area (Å²) in [4.78, 5) is 18.4. The molecule has 0 spiro atoms. The van der Waals surface area contributed by atoms with E-state index in [1.807, 2.05) is 37.1 Å². The number of nitrogens with one attached hydrogen (secondary N) is 1. The van der Waals surface area contributed by atoms with Gasteiger partial charge in [0, 0.05) is 18.9 Å². The minimum Gasteiger partial charge on any atom is -0.377 e. The molecule has 5 heteroatoms. The van der Waals surface area contributed by atoms with Crippen molar-refractivity contribution in [2.45, 2.75) is 25.9 Å². The second-order valence-corrected chi connectivity index (χ2v) is 6.15. The first kappa shape index (κ1) is 16.5. The Morgan fingerprint density at radius 1 is 1.29 bits per heavy atom. The first-order valence-corrected chi connectivity index (χ1v) is 8.30. The van der Waals surface area contributed by atoms with Gasteiger partial charge in [-0.1, -0.05) is 30.3 Å². The zero-order chi connectivity index (χ0) is 16.9. The van der Waals surface area contributed by atoms with Crippen molar-refractivity contribution in [1.29, 1.82) is 0 Å². The van der Waals surface area contributed by atoms with Gasteiger partial charge in [-0.15, -0.1) is 0 Å². The lowest BCUT2D eigenvalue weighted by Gasteiger charge is -2.34. The van der Waals surface area contributed by atoms with Gasteiger partial charge in [0.2, 0.25) is 0 Å². The second kappa shape index (κ2) is 7.45. The van der Waals surface area contributed by atoms with Crippen LogP contribution in [0.3, 0.4) is 0 Å². The van der Waals surface area contributed by atoms with Gasteiger partial charge in [0.05, 0.1) is 25.3 Å². The van der Waals surface area contributed by atoms with Crippen LogP contribution in [0.1, 0.15) is 25.5 Å². The molecule has 1 aliphatic heterocycles. The Hall–Kier alpha value is -2.40. The van der Waals surface area contributed by atoms with Crippen molar-refractivity contribution in [2.75, 3.05) is 19.8 Å². The number of hydrogen-bond acceptors (Lipinski definition) is 3. The molecule has 0 aliphatic carbocycles. The number of amides is 2. The van der Waals surface area contributed by atoms with Gasteiger partial charge in [-0.25, -0.2) is 4.79 Å². The maximum Gasteiger partial charge on any atom is 0.318 e. The zero-order valence-electron chi connectivity index (χ0n) is 14.1. The van der Waals surface area contributed by atoms with Crippen LogP contribution < -0.4 is 5.32 Å². The van der Waals surface area contributed by atoms with Gasteiger partial charge in [0.25, 0.3) is 0 Å². The number of morpholine rings is 1. The van der Waals surface area contributed by atoms with E-state index in [4.69, 9.17) is 4.74 Å². The average molecular weight is 325 g/mol. The Morgan fingerprint density at radius 3 is 2.75 bits per heavy atom. The molecule has 1 saturated heterocycles. The molecule has 1 aliphatic rings. The Balaban J connectivity index is 1.64. The Labute approximate surface area is 142 Å². The van der Waals surface area contributed by atoms with E-state index >= 15 is 0 Å². The summed E-state index contributed by atoms with van der Waals surface area (Å²) in [6, 6.07) is 12.2. The van der Waals surface area contributed by atoms with Crippen molar-refractivity contribution in [2.24, 2.45) is 0 Å². The summed E-state index contributed by atoms with van der Waals surface area (Å²) >= 11 is 0. The van der Waals surface area contributed by atoms with Crippen LogP contribution in [0.2, 0.25) is 0 Å². The van der Waals surface area contributed by atoms with Crippen LogP contribution in [0.25, 0.3) is 11.1 Å². The number of pyridine rings is 1. The zero-order valence-corrected chi connectivity index (χ0v) is 14.1.